The Kier molecular flexibility index (Phi) is 4.29. The van der Waals surface area contributed by atoms with Crippen molar-refractivity contribution in [2.24, 2.45) is 0 Å². The van der Waals surface area contributed by atoms with Gasteiger partial charge in [0.05, 0.1) is 11.9 Å². The highest BCUT2D eigenvalue weighted by Crippen LogP contribution is 2.21. The fraction of sp³-hybridized carbons (Fsp3) is 0.455. The Bertz CT molecular complexity index is 380. The van der Waals surface area contributed by atoms with Crippen molar-refractivity contribution in [2.45, 2.75) is 32.2 Å². The number of pyridine rings is 1. The SMILES string of the molecule is CC(C)(CCC(=O)O)Nc1cncc(Br)c1. The Balaban J connectivity index is 2.61. The van der Waals surface area contributed by atoms with E-state index in [4.69, 9.17) is 5.11 Å². The molecule has 0 radical (unpaired) electrons. The summed E-state index contributed by atoms with van der Waals surface area (Å²) in [6.07, 6.45) is 4.14. The molecule has 1 aromatic rings. The van der Waals surface area contributed by atoms with Crippen molar-refractivity contribution < 1.29 is 9.90 Å². The molecule has 0 saturated heterocycles. The van der Waals surface area contributed by atoms with Gasteiger partial charge in [-0.05, 0) is 42.3 Å². The average Bonchev–Trinajstić information content (AvgIpc) is 2.14. The fourth-order valence-corrected chi connectivity index (χ4v) is 1.72. The summed E-state index contributed by atoms with van der Waals surface area (Å²) in [5.74, 6) is -0.776. The highest BCUT2D eigenvalue weighted by atomic mass is 79.9. The van der Waals surface area contributed by atoms with Crippen LogP contribution in [0.3, 0.4) is 0 Å². The minimum atomic E-state index is -0.776. The lowest BCUT2D eigenvalue weighted by molar-refractivity contribution is -0.137. The second-order valence-corrected chi connectivity index (χ2v) is 5.21. The minimum absolute atomic E-state index is 0.154. The van der Waals surface area contributed by atoms with Crippen molar-refractivity contribution in [3.63, 3.8) is 0 Å². The van der Waals surface area contributed by atoms with E-state index >= 15 is 0 Å². The van der Waals surface area contributed by atoms with E-state index < -0.39 is 5.97 Å². The van der Waals surface area contributed by atoms with Gasteiger partial charge in [0, 0.05) is 22.6 Å². The summed E-state index contributed by atoms with van der Waals surface area (Å²) >= 11 is 3.34. The van der Waals surface area contributed by atoms with Crippen LogP contribution in [0.15, 0.2) is 22.9 Å². The van der Waals surface area contributed by atoms with Crippen LogP contribution in [0.1, 0.15) is 26.7 Å². The second kappa shape index (κ2) is 5.30. The molecule has 88 valence electrons. The number of carboxylic acids is 1. The van der Waals surface area contributed by atoms with Gasteiger partial charge in [-0.1, -0.05) is 0 Å². The monoisotopic (exact) mass is 286 g/mol. The zero-order valence-corrected chi connectivity index (χ0v) is 10.9. The lowest BCUT2D eigenvalue weighted by atomic mass is 9.98. The number of carboxylic acid groups (broad SMARTS) is 1. The van der Waals surface area contributed by atoms with Gasteiger partial charge in [-0.3, -0.25) is 9.78 Å². The van der Waals surface area contributed by atoms with Gasteiger partial charge in [-0.15, -0.1) is 0 Å². The Morgan fingerprint density at radius 3 is 2.81 bits per heavy atom. The summed E-state index contributed by atoms with van der Waals surface area (Å²) in [6.45, 7) is 3.94. The van der Waals surface area contributed by atoms with E-state index in [0.29, 0.717) is 6.42 Å². The number of hydrogen-bond donors (Lipinski definition) is 2. The predicted molar refractivity (Wildman–Crippen MR) is 66.5 cm³/mol. The van der Waals surface area contributed by atoms with Gasteiger partial charge in [0.2, 0.25) is 0 Å². The van der Waals surface area contributed by atoms with Gasteiger partial charge >= 0.3 is 5.97 Å². The van der Waals surface area contributed by atoms with E-state index in [0.717, 1.165) is 10.2 Å². The number of aliphatic carboxylic acids is 1. The van der Waals surface area contributed by atoms with Crippen LogP contribution in [0.2, 0.25) is 0 Å². The third-order valence-corrected chi connectivity index (χ3v) is 2.59. The van der Waals surface area contributed by atoms with Crippen LogP contribution in [0.4, 0.5) is 5.69 Å². The van der Waals surface area contributed by atoms with Crippen molar-refractivity contribution in [3.8, 4) is 0 Å². The molecule has 5 heteroatoms. The molecule has 0 aliphatic heterocycles. The smallest absolute Gasteiger partial charge is 0.303 e. The average molecular weight is 287 g/mol. The molecule has 0 saturated carbocycles. The quantitative estimate of drug-likeness (QED) is 0.874. The molecule has 1 heterocycles. The molecule has 0 unspecified atom stereocenters. The van der Waals surface area contributed by atoms with Crippen LogP contribution >= 0.6 is 15.9 Å². The molecular weight excluding hydrogens is 272 g/mol. The largest absolute Gasteiger partial charge is 0.481 e. The fourth-order valence-electron chi connectivity index (χ4n) is 1.35. The van der Waals surface area contributed by atoms with Crippen molar-refractivity contribution in [3.05, 3.63) is 22.9 Å². The summed E-state index contributed by atoms with van der Waals surface area (Å²) in [4.78, 5) is 14.5. The molecular formula is C11H15BrN2O2. The first-order valence-electron chi connectivity index (χ1n) is 4.99. The van der Waals surface area contributed by atoms with E-state index in [-0.39, 0.29) is 12.0 Å². The molecule has 0 aliphatic carbocycles. The van der Waals surface area contributed by atoms with Crippen molar-refractivity contribution in [2.75, 3.05) is 5.32 Å². The zero-order chi connectivity index (χ0) is 12.2. The first-order chi connectivity index (χ1) is 7.39. The highest BCUT2D eigenvalue weighted by molar-refractivity contribution is 9.10. The normalized spacial score (nSPS) is 11.2. The van der Waals surface area contributed by atoms with Crippen molar-refractivity contribution in [1.29, 1.82) is 0 Å². The van der Waals surface area contributed by atoms with Crippen LogP contribution in [0, 0.1) is 0 Å². The number of rotatable bonds is 5. The summed E-state index contributed by atoms with van der Waals surface area (Å²) in [7, 11) is 0. The number of anilines is 1. The molecule has 0 fully saturated rings. The highest BCUT2D eigenvalue weighted by Gasteiger charge is 2.18. The number of nitrogens with zero attached hydrogens (tertiary/aromatic N) is 1. The van der Waals surface area contributed by atoms with Crippen LogP contribution in [-0.4, -0.2) is 21.6 Å². The first-order valence-corrected chi connectivity index (χ1v) is 5.79. The van der Waals surface area contributed by atoms with Gasteiger partial charge in [0.1, 0.15) is 0 Å². The number of nitrogens with one attached hydrogen (secondary N) is 1. The van der Waals surface area contributed by atoms with E-state index in [9.17, 15) is 4.79 Å². The summed E-state index contributed by atoms with van der Waals surface area (Å²) in [5.41, 5.74) is 0.616. The first kappa shape index (κ1) is 13.0. The van der Waals surface area contributed by atoms with E-state index in [1.807, 2.05) is 19.9 Å². The van der Waals surface area contributed by atoms with Gasteiger partial charge < -0.3 is 10.4 Å². The molecule has 4 nitrogen and oxygen atoms in total. The maximum absolute atomic E-state index is 10.5. The number of halogens is 1. The lowest BCUT2D eigenvalue weighted by Crippen LogP contribution is -2.31. The van der Waals surface area contributed by atoms with E-state index in [1.165, 1.54) is 0 Å². The topological polar surface area (TPSA) is 62.2 Å². The van der Waals surface area contributed by atoms with Crippen molar-refractivity contribution in [1.82, 2.24) is 4.98 Å². The second-order valence-electron chi connectivity index (χ2n) is 4.29. The molecule has 0 bridgehead atoms. The van der Waals surface area contributed by atoms with E-state index in [2.05, 4.69) is 26.2 Å². The van der Waals surface area contributed by atoms with E-state index in [1.54, 1.807) is 12.4 Å². The molecule has 2 N–H and O–H groups in total. The Morgan fingerprint density at radius 2 is 2.25 bits per heavy atom. The van der Waals surface area contributed by atoms with Crippen molar-refractivity contribution >= 4 is 27.6 Å². The predicted octanol–water partition coefficient (Wildman–Crippen LogP) is 2.90. The van der Waals surface area contributed by atoms with Crippen LogP contribution in [-0.2, 0) is 4.79 Å². The summed E-state index contributed by atoms with van der Waals surface area (Å²) in [6, 6.07) is 1.91. The molecule has 0 amide bonds. The Hall–Kier alpha value is -1.10. The molecule has 1 aromatic heterocycles. The number of aromatic nitrogens is 1. The maximum Gasteiger partial charge on any atom is 0.303 e. The zero-order valence-electron chi connectivity index (χ0n) is 9.33. The molecule has 0 aromatic carbocycles. The van der Waals surface area contributed by atoms with Crippen LogP contribution < -0.4 is 5.32 Å². The molecule has 16 heavy (non-hydrogen) atoms. The number of hydrogen-bond acceptors (Lipinski definition) is 3. The van der Waals surface area contributed by atoms with Crippen LogP contribution in [0.5, 0.6) is 0 Å². The third-order valence-electron chi connectivity index (χ3n) is 2.15. The summed E-state index contributed by atoms with van der Waals surface area (Å²) < 4.78 is 0.895. The van der Waals surface area contributed by atoms with Gasteiger partial charge in [-0.25, -0.2) is 0 Å². The van der Waals surface area contributed by atoms with Gasteiger partial charge in [0.25, 0.3) is 0 Å². The summed E-state index contributed by atoms with van der Waals surface area (Å²) in [5, 5.41) is 11.9. The Morgan fingerprint density at radius 1 is 1.56 bits per heavy atom. The Labute approximate surface area is 103 Å². The molecule has 0 spiro atoms. The standard InChI is InChI=1S/C11H15BrN2O2/c1-11(2,4-3-10(15)16)14-9-5-8(12)6-13-7-9/h5-7,14H,3-4H2,1-2H3,(H,15,16). The molecule has 0 aliphatic rings. The number of carbonyl (C=O) groups is 1. The molecule has 1 rings (SSSR count). The molecule has 0 atom stereocenters. The van der Waals surface area contributed by atoms with Gasteiger partial charge in [-0.2, -0.15) is 0 Å². The minimum Gasteiger partial charge on any atom is -0.481 e. The van der Waals surface area contributed by atoms with Crippen LogP contribution in [0.25, 0.3) is 0 Å². The lowest BCUT2D eigenvalue weighted by Gasteiger charge is -2.26. The third kappa shape index (κ3) is 4.61. The van der Waals surface area contributed by atoms with Gasteiger partial charge in [0.15, 0.2) is 0 Å². The maximum atomic E-state index is 10.5.